The zero-order chi connectivity index (χ0) is 15.2. The van der Waals surface area contributed by atoms with Gasteiger partial charge in [0.15, 0.2) is 0 Å². The van der Waals surface area contributed by atoms with E-state index < -0.39 is 17.4 Å². The second kappa shape index (κ2) is 7.24. The van der Waals surface area contributed by atoms with Gasteiger partial charge in [0, 0.05) is 10.5 Å². The molecule has 1 aromatic rings. The zero-order valence-electron chi connectivity index (χ0n) is 11.5. The number of aliphatic carboxylic acids is 1. The summed E-state index contributed by atoms with van der Waals surface area (Å²) in [6, 6.07) is 7.46. The minimum absolute atomic E-state index is 0.344. The summed E-state index contributed by atoms with van der Waals surface area (Å²) in [6.07, 6.45) is 3.69. The molecule has 108 valence electrons. The first-order chi connectivity index (χ1) is 9.43. The predicted molar refractivity (Wildman–Crippen MR) is 82.3 cm³/mol. The minimum atomic E-state index is -1.19. The molecular formula is C15H18BrNO3. The monoisotopic (exact) mass is 339 g/mol. The number of benzene rings is 1. The quantitative estimate of drug-likeness (QED) is 0.782. The fourth-order valence-corrected chi connectivity index (χ4v) is 2.07. The summed E-state index contributed by atoms with van der Waals surface area (Å²) in [7, 11) is 0. The number of hydrogen-bond acceptors (Lipinski definition) is 2. The highest BCUT2D eigenvalue weighted by Crippen LogP contribution is 2.16. The van der Waals surface area contributed by atoms with Crippen LogP contribution in [-0.2, 0) is 9.59 Å². The SMILES string of the molecule is CCC(CC)(NC(=O)C=Cc1ccc(Br)cc1)C(=O)O. The Morgan fingerprint density at radius 2 is 1.80 bits per heavy atom. The molecule has 0 atom stereocenters. The zero-order valence-corrected chi connectivity index (χ0v) is 13.1. The molecule has 0 radical (unpaired) electrons. The number of nitrogens with one attached hydrogen (secondary N) is 1. The van der Waals surface area contributed by atoms with Crippen molar-refractivity contribution in [1.82, 2.24) is 5.32 Å². The van der Waals surface area contributed by atoms with Gasteiger partial charge in [-0.25, -0.2) is 4.79 Å². The first kappa shape index (κ1) is 16.4. The van der Waals surface area contributed by atoms with Gasteiger partial charge in [-0.05, 0) is 36.6 Å². The molecule has 4 nitrogen and oxygen atoms in total. The maximum Gasteiger partial charge on any atom is 0.329 e. The number of amides is 1. The maximum atomic E-state index is 11.9. The standard InChI is InChI=1S/C15H18BrNO3/c1-3-15(4-2,14(19)20)17-13(18)10-7-11-5-8-12(16)9-6-11/h5-10H,3-4H2,1-2H3,(H,17,18)(H,19,20). The van der Waals surface area contributed by atoms with E-state index in [1.54, 1.807) is 19.9 Å². The van der Waals surface area contributed by atoms with Crippen LogP contribution in [0.3, 0.4) is 0 Å². The number of carbonyl (C=O) groups excluding carboxylic acids is 1. The largest absolute Gasteiger partial charge is 0.480 e. The fraction of sp³-hybridized carbons (Fsp3) is 0.333. The molecule has 0 spiro atoms. The molecule has 1 aromatic carbocycles. The van der Waals surface area contributed by atoms with Crippen molar-refractivity contribution in [2.24, 2.45) is 0 Å². The molecular weight excluding hydrogens is 322 g/mol. The normalized spacial score (nSPS) is 11.6. The molecule has 5 heteroatoms. The number of carboxylic acids is 1. The Hall–Kier alpha value is -1.62. The third-order valence-corrected chi connectivity index (χ3v) is 3.80. The Morgan fingerprint density at radius 1 is 1.25 bits per heavy atom. The summed E-state index contributed by atoms with van der Waals surface area (Å²) in [5, 5.41) is 11.8. The Balaban J connectivity index is 2.76. The van der Waals surface area contributed by atoms with Gasteiger partial charge in [-0.3, -0.25) is 4.79 Å². The molecule has 0 aromatic heterocycles. The van der Waals surface area contributed by atoms with Gasteiger partial charge in [0.1, 0.15) is 5.54 Å². The van der Waals surface area contributed by atoms with Crippen molar-refractivity contribution in [2.75, 3.05) is 0 Å². The van der Waals surface area contributed by atoms with Gasteiger partial charge in [0.25, 0.3) is 0 Å². The van der Waals surface area contributed by atoms with Crippen molar-refractivity contribution in [2.45, 2.75) is 32.2 Å². The van der Waals surface area contributed by atoms with Crippen LogP contribution in [0.1, 0.15) is 32.3 Å². The van der Waals surface area contributed by atoms with Gasteiger partial charge in [0.05, 0.1) is 0 Å². The Morgan fingerprint density at radius 3 is 2.25 bits per heavy atom. The molecule has 0 aliphatic carbocycles. The van der Waals surface area contributed by atoms with Crippen LogP contribution < -0.4 is 5.32 Å². The number of halogens is 1. The highest BCUT2D eigenvalue weighted by Gasteiger charge is 2.35. The predicted octanol–water partition coefficient (Wildman–Crippen LogP) is 3.22. The summed E-state index contributed by atoms with van der Waals surface area (Å²) >= 11 is 3.33. The molecule has 0 aliphatic rings. The average molecular weight is 340 g/mol. The maximum absolute atomic E-state index is 11.9. The number of carboxylic acid groups (broad SMARTS) is 1. The molecule has 0 saturated heterocycles. The molecule has 0 heterocycles. The summed E-state index contributed by atoms with van der Waals surface area (Å²) in [5.74, 6) is -1.41. The topological polar surface area (TPSA) is 66.4 Å². The van der Waals surface area contributed by atoms with E-state index in [0.29, 0.717) is 12.8 Å². The minimum Gasteiger partial charge on any atom is -0.480 e. The first-order valence-electron chi connectivity index (χ1n) is 6.42. The van der Waals surface area contributed by atoms with E-state index in [4.69, 9.17) is 0 Å². The van der Waals surface area contributed by atoms with Crippen LogP contribution in [-0.4, -0.2) is 22.5 Å². The molecule has 2 N–H and O–H groups in total. The third-order valence-electron chi connectivity index (χ3n) is 3.28. The Kier molecular flexibility index (Phi) is 5.95. The van der Waals surface area contributed by atoms with Crippen LogP contribution in [0, 0.1) is 0 Å². The summed E-state index contributed by atoms with van der Waals surface area (Å²) in [4.78, 5) is 23.1. The van der Waals surface area contributed by atoms with Gasteiger partial charge in [-0.15, -0.1) is 0 Å². The molecule has 0 bridgehead atoms. The number of carbonyl (C=O) groups is 2. The van der Waals surface area contributed by atoms with Gasteiger partial charge in [-0.2, -0.15) is 0 Å². The van der Waals surface area contributed by atoms with E-state index in [9.17, 15) is 14.7 Å². The van der Waals surface area contributed by atoms with E-state index in [1.165, 1.54) is 6.08 Å². The van der Waals surface area contributed by atoms with Crippen LogP contribution >= 0.6 is 15.9 Å². The summed E-state index contributed by atoms with van der Waals surface area (Å²) < 4.78 is 0.959. The smallest absolute Gasteiger partial charge is 0.329 e. The molecule has 1 rings (SSSR count). The van der Waals surface area contributed by atoms with Gasteiger partial charge < -0.3 is 10.4 Å². The lowest BCUT2D eigenvalue weighted by atomic mass is 9.93. The summed E-state index contributed by atoms with van der Waals surface area (Å²) in [6.45, 7) is 3.49. The highest BCUT2D eigenvalue weighted by molar-refractivity contribution is 9.10. The highest BCUT2D eigenvalue weighted by atomic mass is 79.9. The number of rotatable bonds is 6. The van der Waals surface area contributed by atoms with E-state index in [1.807, 2.05) is 24.3 Å². The third kappa shape index (κ3) is 4.20. The van der Waals surface area contributed by atoms with Crippen molar-refractivity contribution >= 4 is 33.9 Å². The van der Waals surface area contributed by atoms with Crippen molar-refractivity contribution in [3.8, 4) is 0 Å². The molecule has 0 saturated carbocycles. The van der Waals surface area contributed by atoms with Crippen LogP contribution in [0.5, 0.6) is 0 Å². The second-order valence-corrected chi connectivity index (χ2v) is 5.38. The lowest BCUT2D eigenvalue weighted by Crippen LogP contribution is -2.53. The fourth-order valence-electron chi connectivity index (χ4n) is 1.81. The van der Waals surface area contributed by atoms with E-state index in [2.05, 4.69) is 21.2 Å². The van der Waals surface area contributed by atoms with E-state index >= 15 is 0 Å². The van der Waals surface area contributed by atoms with Gasteiger partial charge in [0.2, 0.25) is 5.91 Å². The van der Waals surface area contributed by atoms with Gasteiger partial charge >= 0.3 is 5.97 Å². The summed E-state index contributed by atoms with van der Waals surface area (Å²) in [5.41, 5.74) is -0.321. The van der Waals surface area contributed by atoms with Crippen molar-refractivity contribution in [1.29, 1.82) is 0 Å². The molecule has 20 heavy (non-hydrogen) atoms. The van der Waals surface area contributed by atoms with Crippen LogP contribution in [0.2, 0.25) is 0 Å². The lowest BCUT2D eigenvalue weighted by molar-refractivity contribution is -0.147. The lowest BCUT2D eigenvalue weighted by Gasteiger charge is -2.27. The molecule has 0 aliphatic heterocycles. The van der Waals surface area contributed by atoms with E-state index in [-0.39, 0.29) is 0 Å². The molecule has 0 fully saturated rings. The van der Waals surface area contributed by atoms with Crippen molar-refractivity contribution in [3.05, 3.63) is 40.4 Å². The second-order valence-electron chi connectivity index (χ2n) is 4.47. The van der Waals surface area contributed by atoms with Crippen molar-refractivity contribution in [3.63, 3.8) is 0 Å². The van der Waals surface area contributed by atoms with Crippen LogP contribution in [0.4, 0.5) is 0 Å². The number of hydrogen-bond donors (Lipinski definition) is 2. The first-order valence-corrected chi connectivity index (χ1v) is 7.22. The Bertz CT molecular complexity index is 504. The van der Waals surface area contributed by atoms with Crippen LogP contribution in [0.25, 0.3) is 6.08 Å². The average Bonchev–Trinajstić information content (AvgIpc) is 2.44. The van der Waals surface area contributed by atoms with E-state index in [0.717, 1.165) is 10.0 Å². The van der Waals surface area contributed by atoms with Gasteiger partial charge in [-0.1, -0.05) is 41.9 Å². The van der Waals surface area contributed by atoms with Crippen molar-refractivity contribution < 1.29 is 14.7 Å². The van der Waals surface area contributed by atoms with Crippen LogP contribution in [0.15, 0.2) is 34.8 Å². The molecule has 0 unspecified atom stereocenters. The Labute approximate surface area is 127 Å². The molecule has 1 amide bonds.